The molecule has 0 aromatic carbocycles. The monoisotopic (exact) mass is 263 g/mol. The van der Waals surface area contributed by atoms with Gasteiger partial charge in [-0.15, -0.1) is 12.6 Å². The largest absolute Gasteiger partial charge is 0.480 e. The molecule has 0 amide bonds. The molecule has 1 heterocycles. The number of carbonyl (C=O) groups excluding carboxylic acids is 1. The summed E-state index contributed by atoms with van der Waals surface area (Å²) < 4.78 is 0. The van der Waals surface area contributed by atoms with Crippen molar-refractivity contribution in [2.75, 3.05) is 0 Å². The number of aliphatic hydroxyl groups is 1. The third kappa shape index (κ3) is 2.79. The fourth-order valence-electron chi connectivity index (χ4n) is 1.85. The summed E-state index contributed by atoms with van der Waals surface area (Å²) in [6.45, 7) is 1.47. The lowest BCUT2D eigenvalue weighted by atomic mass is 9.94. The van der Waals surface area contributed by atoms with E-state index in [1.165, 1.54) is 6.92 Å². The Morgan fingerprint density at radius 3 is 2.50 bits per heavy atom. The third-order valence-electron chi connectivity index (χ3n) is 2.61. The zero-order valence-corrected chi connectivity index (χ0v) is 10.3. The van der Waals surface area contributed by atoms with Gasteiger partial charge in [0.1, 0.15) is 6.04 Å². The summed E-state index contributed by atoms with van der Waals surface area (Å²) in [6, 6.07) is -1.38. The van der Waals surface area contributed by atoms with Crippen molar-refractivity contribution in [2.45, 2.75) is 31.5 Å². The second kappa shape index (κ2) is 5.22. The second-order valence-corrected chi connectivity index (χ2v) is 4.78. The molecule has 0 aliphatic carbocycles. The Morgan fingerprint density at radius 1 is 1.62 bits per heavy atom. The number of nitrogens with one attached hydrogen (secondary N) is 1. The van der Waals surface area contributed by atoms with Crippen molar-refractivity contribution in [3.63, 3.8) is 0 Å². The van der Waals surface area contributed by atoms with Crippen LogP contribution in [0.25, 0.3) is 0 Å². The lowest BCUT2D eigenvalue weighted by Gasteiger charge is -2.23. The molecule has 5 nitrogen and oxygen atoms in total. The Balaban J connectivity index is 2.80. The fourth-order valence-corrected chi connectivity index (χ4v) is 2.60. The summed E-state index contributed by atoms with van der Waals surface area (Å²) in [5.41, 5.74) is 0. The summed E-state index contributed by atoms with van der Waals surface area (Å²) in [4.78, 5) is 22.4. The maximum absolute atomic E-state index is 11.2. The first-order chi connectivity index (χ1) is 7.34. The number of carboxylic acid groups (broad SMARTS) is 1. The van der Waals surface area contributed by atoms with Gasteiger partial charge in [-0.25, -0.2) is 0 Å². The number of carbonyl (C=O) groups is 2. The SMILES string of the molecule is C[C@@H](O)[C@@H](C(=O)S)[C@H]1CC(=S)C(C(=O)O)N1. The number of thiocarbonyl (C=S) groups is 1. The molecular formula is C9H13NO4S2. The molecule has 1 rings (SSSR count). The van der Waals surface area contributed by atoms with Crippen LogP contribution in [-0.2, 0) is 9.59 Å². The number of carboxylic acids is 1. The van der Waals surface area contributed by atoms with Crippen LogP contribution in [0.5, 0.6) is 0 Å². The van der Waals surface area contributed by atoms with E-state index in [1.54, 1.807) is 0 Å². The molecule has 1 fully saturated rings. The van der Waals surface area contributed by atoms with Crippen LogP contribution in [0.3, 0.4) is 0 Å². The molecular weight excluding hydrogens is 250 g/mol. The highest BCUT2D eigenvalue weighted by Crippen LogP contribution is 2.22. The first-order valence-corrected chi connectivity index (χ1v) is 5.62. The van der Waals surface area contributed by atoms with Crippen LogP contribution < -0.4 is 5.32 Å². The minimum absolute atomic E-state index is 0.286. The van der Waals surface area contributed by atoms with Crippen LogP contribution in [-0.4, -0.2) is 44.3 Å². The minimum atomic E-state index is -1.07. The molecule has 0 saturated carbocycles. The van der Waals surface area contributed by atoms with Crippen LogP contribution in [0.4, 0.5) is 0 Å². The van der Waals surface area contributed by atoms with Crippen molar-refractivity contribution in [2.24, 2.45) is 5.92 Å². The Morgan fingerprint density at radius 2 is 2.19 bits per heavy atom. The van der Waals surface area contributed by atoms with E-state index >= 15 is 0 Å². The Labute approximate surface area is 104 Å². The molecule has 0 radical (unpaired) electrons. The maximum atomic E-state index is 11.2. The average Bonchev–Trinajstić information content (AvgIpc) is 2.45. The van der Waals surface area contributed by atoms with E-state index in [0.29, 0.717) is 4.86 Å². The molecule has 1 aliphatic heterocycles. The number of rotatable bonds is 4. The van der Waals surface area contributed by atoms with E-state index < -0.39 is 35.2 Å². The first-order valence-electron chi connectivity index (χ1n) is 4.77. The molecule has 3 N–H and O–H groups in total. The van der Waals surface area contributed by atoms with Crippen LogP contribution in [0.1, 0.15) is 13.3 Å². The number of hydrogen-bond donors (Lipinski definition) is 4. The van der Waals surface area contributed by atoms with Gasteiger partial charge < -0.3 is 10.2 Å². The molecule has 1 saturated heterocycles. The van der Waals surface area contributed by atoms with E-state index in [-0.39, 0.29) is 6.42 Å². The quantitative estimate of drug-likeness (QED) is 0.409. The normalized spacial score (nSPS) is 28.8. The van der Waals surface area contributed by atoms with Gasteiger partial charge in [-0.2, -0.15) is 0 Å². The summed E-state index contributed by atoms with van der Waals surface area (Å²) in [7, 11) is 0. The van der Waals surface area contributed by atoms with Crippen LogP contribution in [0.2, 0.25) is 0 Å². The zero-order chi connectivity index (χ0) is 12.5. The molecule has 90 valence electrons. The average molecular weight is 263 g/mol. The van der Waals surface area contributed by atoms with Gasteiger partial charge in [0.15, 0.2) is 5.12 Å². The molecule has 0 aromatic rings. The summed E-state index contributed by atoms with van der Waals surface area (Å²) in [5, 5.41) is 20.6. The minimum Gasteiger partial charge on any atom is -0.480 e. The summed E-state index contributed by atoms with van der Waals surface area (Å²) in [6.07, 6.45) is -0.605. The molecule has 4 atom stereocenters. The number of aliphatic hydroxyl groups excluding tert-OH is 1. The van der Waals surface area contributed by atoms with Crippen molar-refractivity contribution in [1.82, 2.24) is 5.32 Å². The predicted molar refractivity (Wildman–Crippen MR) is 64.7 cm³/mol. The van der Waals surface area contributed by atoms with E-state index in [4.69, 9.17) is 17.3 Å². The summed E-state index contributed by atoms with van der Waals surface area (Å²) in [5.74, 6) is -1.81. The summed E-state index contributed by atoms with van der Waals surface area (Å²) >= 11 is 8.61. The zero-order valence-electron chi connectivity index (χ0n) is 8.58. The van der Waals surface area contributed by atoms with Crippen molar-refractivity contribution in [1.29, 1.82) is 0 Å². The van der Waals surface area contributed by atoms with Gasteiger partial charge in [0.2, 0.25) is 0 Å². The van der Waals surface area contributed by atoms with Gasteiger partial charge >= 0.3 is 5.97 Å². The molecule has 0 spiro atoms. The second-order valence-electron chi connectivity index (χ2n) is 3.82. The van der Waals surface area contributed by atoms with Gasteiger partial charge in [-0.05, 0) is 13.3 Å². The highest BCUT2D eigenvalue weighted by molar-refractivity contribution is 7.96. The number of thiol groups is 1. The van der Waals surface area contributed by atoms with Gasteiger partial charge in [0, 0.05) is 10.9 Å². The van der Waals surface area contributed by atoms with Crippen molar-refractivity contribution in [3.05, 3.63) is 0 Å². The third-order valence-corrected chi connectivity index (χ3v) is 3.31. The number of hydrogen-bond acceptors (Lipinski definition) is 5. The predicted octanol–water partition coefficient (Wildman–Crippen LogP) is -0.375. The van der Waals surface area contributed by atoms with Gasteiger partial charge in [0.25, 0.3) is 0 Å². The molecule has 1 unspecified atom stereocenters. The lowest BCUT2D eigenvalue weighted by molar-refractivity contribution is -0.137. The van der Waals surface area contributed by atoms with Crippen molar-refractivity contribution >= 4 is 40.8 Å². The maximum Gasteiger partial charge on any atom is 0.325 e. The highest BCUT2D eigenvalue weighted by atomic mass is 32.1. The Kier molecular flexibility index (Phi) is 4.43. The van der Waals surface area contributed by atoms with E-state index in [2.05, 4.69) is 17.9 Å². The van der Waals surface area contributed by atoms with Crippen molar-refractivity contribution < 1.29 is 19.8 Å². The van der Waals surface area contributed by atoms with E-state index in [9.17, 15) is 14.7 Å². The highest BCUT2D eigenvalue weighted by Gasteiger charge is 2.41. The molecule has 0 bridgehead atoms. The lowest BCUT2D eigenvalue weighted by Crippen LogP contribution is -2.45. The Bertz CT molecular complexity index is 331. The smallest absolute Gasteiger partial charge is 0.325 e. The van der Waals surface area contributed by atoms with Crippen LogP contribution in [0.15, 0.2) is 0 Å². The van der Waals surface area contributed by atoms with Gasteiger partial charge in [-0.1, -0.05) is 12.2 Å². The molecule has 1 aliphatic rings. The van der Waals surface area contributed by atoms with Gasteiger partial charge in [-0.3, -0.25) is 14.9 Å². The Hall–Kier alpha value is -0.500. The molecule has 0 aromatic heterocycles. The molecule has 7 heteroatoms. The first kappa shape index (κ1) is 13.6. The molecule has 16 heavy (non-hydrogen) atoms. The van der Waals surface area contributed by atoms with Crippen LogP contribution in [0, 0.1) is 5.92 Å². The van der Waals surface area contributed by atoms with Crippen molar-refractivity contribution in [3.8, 4) is 0 Å². The standard InChI is InChI=1S/C9H13NO4S2/c1-3(11)6(9(14)16)4-2-5(15)7(10-4)8(12)13/h3-4,6-7,10-11H,2H2,1H3,(H,12,13)(H,14,16)/t3-,4-,6-,7?/m1/s1. The topological polar surface area (TPSA) is 86.6 Å². The fraction of sp³-hybridized carbons (Fsp3) is 0.667. The number of aliphatic carboxylic acids is 1. The van der Waals surface area contributed by atoms with Crippen LogP contribution >= 0.6 is 24.8 Å². The van der Waals surface area contributed by atoms with E-state index in [0.717, 1.165) is 0 Å². The van der Waals surface area contributed by atoms with Gasteiger partial charge in [0.05, 0.1) is 12.0 Å². The van der Waals surface area contributed by atoms with E-state index in [1.807, 2.05) is 0 Å².